The zero-order chi connectivity index (χ0) is 14.9. The molecule has 116 valence electrons. The van der Waals surface area contributed by atoms with Crippen molar-refractivity contribution in [2.24, 2.45) is 0 Å². The maximum Gasteiger partial charge on any atom is 0.0412 e. The van der Waals surface area contributed by atoms with E-state index >= 15 is 0 Å². The Bertz CT molecular complexity index is 477. The van der Waals surface area contributed by atoms with E-state index in [-0.39, 0.29) is 0 Å². The van der Waals surface area contributed by atoms with E-state index in [4.69, 9.17) is 0 Å². The van der Waals surface area contributed by atoms with Gasteiger partial charge in [-0.3, -0.25) is 0 Å². The number of nitrogens with zero attached hydrogens (tertiary/aromatic N) is 2. The molecule has 1 N–H and O–H groups in total. The van der Waals surface area contributed by atoms with Crippen molar-refractivity contribution in [3.05, 3.63) is 24.3 Å². The van der Waals surface area contributed by atoms with E-state index < -0.39 is 0 Å². The average molecular weight is 287 g/mol. The van der Waals surface area contributed by atoms with Gasteiger partial charge in [0.05, 0.1) is 0 Å². The van der Waals surface area contributed by atoms with Crippen LogP contribution in [0.25, 0.3) is 0 Å². The summed E-state index contributed by atoms with van der Waals surface area (Å²) in [5.41, 5.74) is 3.06. The number of hydrogen-bond donors (Lipinski definition) is 1. The summed E-state index contributed by atoms with van der Waals surface area (Å²) in [6.45, 7) is 4.60. The lowest BCUT2D eigenvalue weighted by Crippen LogP contribution is -2.63. The van der Waals surface area contributed by atoms with Crippen molar-refractivity contribution in [3.63, 3.8) is 0 Å². The van der Waals surface area contributed by atoms with Crippen LogP contribution in [0, 0.1) is 0 Å². The molecule has 1 aromatic rings. The molecule has 3 heteroatoms. The fraction of sp³-hybridized carbons (Fsp3) is 0.667. The Balaban J connectivity index is 1.87. The summed E-state index contributed by atoms with van der Waals surface area (Å²) >= 11 is 0. The first kappa shape index (κ1) is 14.7. The van der Waals surface area contributed by atoms with Gasteiger partial charge in [0.15, 0.2) is 0 Å². The Morgan fingerprint density at radius 1 is 1.29 bits per heavy atom. The Kier molecular flexibility index (Phi) is 4.12. The van der Waals surface area contributed by atoms with E-state index in [0.29, 0.717) is 11.6 Å². The number of hydrogen-bond acceptors (Lipinski definition) is 3. The molecule has 1 aromatic carbocycles. The fourth-order valence-corrected chi connectivity index (χ4v) is 3.96. The summed E-state index contributed by atoms with van der Waals surface area (Å²) in [5.74, 6) is 0. The first-order valence-corrected chi connectivity index (χ1v) is 8.43. The van der Waals surface area contributed by atoms with Crippen molar-refractivity contribution in [1.29, 1.82) is 0 Å². The van der Waals surface area contributed by atoms with Crippen molar-refractivity contribution in [3.8, 4) is 0 Å². The first-order valence-electron chi connectivity index (χ1n) is 8.43. The molecule has 3 rings (SSSR count). The Morgan fingerprint density at radius 3 is 2.71 bits per heavy atom. The molecular weight excluding hydrogens is 258 g/mol. The summed E-state index contributed by atoms with van der Waals surface area (Å²) in [5, 5.41) is 3.88. The minimum absolute atomic E-state index is 0.375. The van der Waals surface area contributed by atoms with Crippen LogP contribution in [0.3, 0.4) is 0 Å². The molecule has 1 spiro atoms. The standard InChI is InChI=1S/C18H29N3/c1-4-15-13-19-18(10-5-6-11-18)14-21(15)17-9-7-8-16(12-17)20(2)3/h7-9,12,15,19H,4-6,10-11,13-14H2,1-3H3. The topological polar surface area (TPSA) is 18.5 Å². The van der Waals surface area contributed by atoms with Gasteiger partial charge in [0.1, 0.15) is 0 Å². The summed E-state index contributed by atoms with van der Waals surface area (Å²) < 4.78 is 0. The van der Waals surface area contributed by atoms with Crippen LogP contribution in [0.4, 0.5) is 11.4 Å². The fourth-order valence-electron chi connectivity index (χ4n) is 3.96. The second kappa shape index (κ2) is 5.88. The molecule has 21 heavy (non-hydrogen) atoms. The van der Waals surface area contributed by atoms with Crippen LogP contribution in [0.1, 0.15) is 39.0 Å². The molecule has 1 aliphatic heterocycles. The van der Waals surface area contributed by atoms with Crippen molar-refractivity contribution in [2.45, 2.75) is 50.6 Å². The van der Waals surface area contributed by atoms with E-state index in [1.54, 1.807) is 0 Å². The number of benzene rings is 1. The maximum atomic E-state index is 3.88. The van der Waals surface area contributed by atoms with Gasteiger partial charge in [-0.05, 0) is 37.5 Å². The predicted molar refractivity (Wildman–Crippen MR) is 91.4 cm³/mol. The normalized spacial score (nSPS) is 24.5. The second-order valence-electron chi connectivity index (χ2n) is 6.97. The Morgan fingerprint density at radius 2 is 2.05 bits per heavy atom. The third-order valence-electron chi connectivity index (χ3n) is 5.34. The number of nitrogens with one attached hydrogen (secondary N) is 1. The molecule has 0 aromatic heterocycles. The summed E-state index contributed by atoms with van der Waals surface area (Å²) in [4.78, 5) is 4.85. The van der Waals surface area contributed by atoms with E-state index in [9.17, 15) is 0 Å². The minimum atomic E-state index is 0.375. The lowest BCUT2D eigenvalue weighted by atomic mass is 9.91. The van der Waals surface area contributed by atoms with Gasteiger partial charge in [0.2, 0.25) is 0 Å². The van der Waals surface area contributed by atoms with Crippen LogP contribution in [0.5, 0.6) is 0 Å². The van der Waals surface area contributed by atoms with Gasteiger partial charge in [-0.25, -0.2) is 0 Å². The van der Waals surface area contributed by atoms with Crippen molar-refractivity contribution in [1.82, 2.24) is 5.32 Å². The molecule has 3 nitrogen and oxygen atoms in total. The largest absolute Gasteiger partial charge is 0.378 e. The lowest BCUT2D eigenvalue weighted by molar-refractivity contribution is 0.267. The highest BCUT2D eigenvalue weighted by atomic mass is 15.3. The molecule has 2 aliphatic rings. The molecule has 0 amide bonds. The lowest BCUT2D eigenvalue weighted by Gasteiger charge is -2.47. The zero-order valence-corrected chi connectivity index (χ0v) is 13.7. The number of rotatable bonds is 3. The molecule has 1 aliphatic carbocycles. The minimum Gasteiger partial charge on any atom is -0.378 e. The van der Waals surface area contributed by atoms with Crippen molar-refractivity contribution in [2.75, 3.05) is 37.0 Å². The molecule has 2 fully saturated rings. The monoisotopic (exact) mass is 287 g/mol. The third kappa shape index (κ3) is 2.89. The van der Waals surface area contributed by atoms with Crippen LogP contribution in [0.15, 0.2) is 24.3 Å². The summed E-state index contributed by atoms with van der Waals surface area (Å²) in [6, 6.07) is 9.63. The van der Waals surface area contributed by atoms with E-state index in [1.807, 2.05) is 0 Å². The SMILES string of the molecule is CCC1CNC2(CCCC2)CN1c1cccc(N(C)C)c1. The van der Waals surface area contributed by atoms with E-state index in [1.165, 1.54) is 50.0 Å². The average Bonchev–Trinajstić information content (AvgIpc) is 2.95. The van der Waals surface area contributed by atoms with Gasteiger partial charge in [0.25, 0.3) is 0 Å². The van der Waals surface area contributed by atoms with Gasteiger partial charge < -0.3 is 15.1 Å². The van der Waals surface area contributed by atoms with Crippen molar-refractivity contribution < 1.29 is 0 Å². The molecule has 1 saturated heterocycles. The molecular formula is C18H29N3. The summed E-state index contributed by atoms with van der Waals surface area (Å²) in [7, 11) is 4.24. The van der Waals surface area contributed by atoms with Gasteiger partial charge in [-0.2, -0.15) is 0 Å². The highest BCUT2D eigenvalue weighted by molar-refractivity contribution is 5.60. The third-order valence-corrected chi connectivity index (χ3v) is 5.34. The van der Waals surface area contributed by atoms with Crippen molar-refractivity contribution >= 4 is 11.4 Å². The summed E-state index contributed by atoms with van der Waals surface area (Å²) in [6.07, 6.45) is 6.65. The molecule has 1 atom stereocenters. The van der Waals surface area contributed by atoms with Gasteiger partial charge in [-0.15, -0.1) is 0 Å². The predicted octanol–water partition coefficient (Wildman–Crippen LogP) is 3.25. The number of anilines is 2. The highest BCUT2D eigenvalue weighted by Crippen LogP contribution is 2.36. The number of piperazine rings is 1. The van der Waals surface area contributed by atoms with Gasteiger partial charge in [0, 0.05) is 50.1 Å². The van der Waals surface area contributed by atoms with Gasteiger partial charge in [-0.1, -0.05) is 25.8 Å². The smallest absolute Gasteiger partial charge is 0.0412 e. The Hall–Kier alpha value is -1.22. The van der Waals surface area contributed by atoms with Crippen LogP contribution < -0.4 is 15.1 Å². The van der Waals surface area contributed by atoms with Crippen LogP contribution in [-0.4, -0.2) is 38.8 Å². The quantitative estimate of drug-likeness (QED) is 0.920. The van der Waals surface area contributed by atoms with E-state index in [0.717, 1.165) is 6.54 Å². The molecule has 1 heterocycles. The second-order valence-corrected chi connectivity index (χ2v) is 6.97. The van der Waals surface area contributed by atoms with Crippen LogP contribution in [0.2, 0.25) is 0 Å². The molecule has 1 saturated carbocycles. The van der Waals surface area contributed by atoms with E-state index in [2.05, 4.69) is 60.4 Å². The molecule has 1 unspecified atom stereocenters. The Labute approximate surface area is 129 Å². The highest BCUT2D eigenvalue weighted by Gasteiger charge is 2.40. The maximum absolute atomic E-state index is 3.88. The van der Waals surface area contributed by atoms with Gasteiger partial charge >= 0.3 is 0 Å². The molecule has 0 radical (unpaired) electrons. The van der Waals surface area contributed by atoms with Crippen LogP contribution >= 0.6 is 0 Å². The molecule has 0 bridgehead atoms. The van der Waals surface area contributed by atoms with Crippen LogP contribution in [-0.2, 0) is 0 Å². The first-order chi connectivity index (χ1) is 10.1. The zero-order valence-electron chi connectivity index (χ0n) is 13.7.